The molecule has 0 radical (unpaired) electrons. The molecule has 0 unspecified atom stereocenters. The summed E-state index contributed by atoms with van der Waals surface area (Å²) in [5.74, 6) is 1.20. The molecule has 140 valence electrons. The van der Waals surface area contributed by atoms with E-state index in [2.05, 4.69) is 15.4 Å². The highest BCUT2D eigenvalue weighted by atomic mass is 16.5. The van der Waals surface area contributed by atoms with Gasteiger partial charge in [0, 0.05) is 12.0 Å². The number of ether oxygens (including phenoxy) is 1. The number of imidazole rings is 1. The van der Waals surface area contributed by atoms with Gasteiger partial charge in [-0.15, -0.1) is 0 Å². The molecule has 6 heteroatoms. The summed E-state index contributed by atoms with van der Waals surface area (Å²) in [7, 11) is 1.64. The van der Waals surface area contributed by atoms with Crippen molar-refractivity contribution in [2.45, 2.75) is 12.8 Å². The van der Waals surface area contributed by atoms with Crippen LogP contribution in [0.3, 0.4) is 0 Å². The number of benzene rings is 2. The number of hydrogen-bond acceptors (Lipinski definition) is 4. The minimum Gasteiger partial charge on any atom is -0.497 e. The average molecular weight is 372 g/mol. The van der Waals surface area contributed by atoms with Crippen LogP contribution < -0.4 is 10.1 Å². The molecule has 0 saturated heterocycles. The number of carbonyl (C=O) groups excluding carboxylic acids is 1. The van der Waals surface area contributed by atoms with Gasteiger partial charge >= 0.3 is 0 Å². The van der Waals surface area contributed by atoms with Crippen LogP contribution >= 0.6 is 0 Å². The number of fused-ring (bicyclic) bond motifs is 1. The van der Waals surface area contributed by atoms with Crippen LogP contribution in [0.1, 0.15) is 12.0 Å². The molecule has 0 aliphatic heterocycles. The first kappa shape index (κ1) is 17.7. The number of hydrogen-bond donors (Lipinski definition) is 1. The van der Waals surface area contributed by atoms with Crippen molar-refractivity contribution in [3.8, 4) is 17.0 Å². The normalized spacial score (nSPS) is 10.8. The van der Waals surface area contributed by atoms with Crippen LogP contribution in [0.15, 0.2) is 72.9 Å². The fourth-order valence-electron chi connectivity index (χ4n) is 2.99. The quantitative estimate of drug-likeness (QED) is 0.556. The molecule has 6 nitrogen and oxygen atoms in total. The monoisotopic (exact) mass is 372 g/mol. The topological polar surface area (TPSA) is 68.5 Å². The Morgan fingerprint density at radius 1 is 1.07 bits per heavy atom. The lowest BCUT2D eigenvalue weighted by atomic mass is 10.1. The first-order valence-electron chi connectivity index (χ1n) is 9.06. The Bertz CT molecular complexity index is 1110. The molecule has 2 aromatic heterocycles. The number of aryl methyl sites for hydroxylation is 1. The molecule has 4 rings (SSSR count). The molecular weight excluding hydrogens is 352 g/mol. The van der Waals surface area contributed by atoms with Gasteiger partial charge in [0.15, 0.2) is 11.5 Å². The summed E-state index contributed by atoms with van der Waals surface area (Å²) in [6.07, 6.45) is 2.82. The van der Waals surface area contributed by atoms with E-state index in [4.69, 9.17) is 4.74 Å². The molecule has 0 fully saturated rings. The van der Waals surface area contributed by atoms with E-state index in [1.54, 1.807) is 17.8 Å². The molecule has 0 atom stereocenters. The predicted molar refractivity (Wildman–Crippen MR) is 108 cm³/mol. The highest BCUT2D eigenvalue weighted by Gasteiger charge is 2.09. The Labute approximate surface area is 162 Å². The van der Waals surface area contributed by atoms with Gasteiger partial charge in [0.2, 0.25) is 5.91 Å². The SMILES string of the molecule is COc1cccc(-c2ccc3nc(NC(=O)CCc4ccccc4)cn3n2)c1. The van der Waals surface area contributed by atoms with E-state index in [1.807, 2.05) is 66.7 Å². The lowest BCUT2D eigenvalue weighted by Crippen LogP contribution is -2.12. The number of rotatable bonds is 6. The van der Waals surface area contributed by atoms with E-state index in [-0.39, 0.29) is 5.91 Å². The van der Waals surface area contributed by atoms with Gasteiger partial charge in [0.1, 0.15) is 5.75 Å². The smallest absolute Gasteiger partial charge is 0.225 e. The molecule has 0 spiro atoms. The zero-order chi connectivity index (χ0) is 19.3. The van der Waals surface area contributed by atoms with E-state index in [1.165, 1.54) is 0 Å². The molecule has 2 aromatic carbocycles. The summed E-state index contributed by atoms with van der Waals surface area (Å²) in [6.45, 7) is 0. The second-order valence-corrected chi connectivity index (χ2v) is 6.41. The first-order chi connectivity index (χ1) is 13.7. The molecule has 0 saturated carbocycles. The van der Waals surface area contributed by atoms with Crippen LogP contribution in [0.25, 0.3) is 16.9 Å². The van der Waals surface area contributed by atoms with E-state index in [9.17, 15) is 4.79 Å². The molecule has 4 aromatic rings. The maximum atomic E-state index is 12.2. The summed E-state index contributed by atoms with van der Waals surface area (Å²) in [4.78, 5) is 16.6. The van der Waals surface area contributed by atoms with Crippen molar-refractivity contribution in [3.63, 3.8) is 0 Å². The summed E-state index contributed by atoms with van der Waals surface area (Å²) >= 11 is 0. The minimum atomic E-state index is -0.0692. The van der Waals surface area contributed by atoms with E-state index in [0.29, 0.717) is 24.3 Å². The number of aromatic nitrogens is 3. The zero-order valence-corrected chi connectivity index (χ0v) is 15.5. The molecular formula is C22H20N4O2. The summed E-state index contributed by atoms with van der Waals surface area (Å²) in [5, 5.41) is 7.44. The lowest BCUT2D eigenvalue weighted by molar-refractivity contribution is -0.116. The number of methoxy groups -OCH3 is 1. The van der Waals surface area contributed by atoms with Gasteiger partial charge in [0.25, 0.3) is 0 Å². The van der Waals surface area contributed by atoms with Crippen molar-refractivity contribution in [3.05, 3.63) is 78.5 Å². The molecule has 1 amide bonds. The molecule has 0 bridgehead atoms. The first-order valence-corrected chi connectivity index (χ1v) is 9.06. The van der Waals surface area contributed by atoms with Crippen LogP contribution in [0.4, 0.5) is 5.82 Å². The average Bonchev–Trinajstić information content (AvgIpc) is 3.14. The van der Waals surface area contributed by atoms with Gasteiger partial charge in [-0.05, 0) is 36.2 Å². The fourth-order valence-corrected chi connectivity index (χ4v) is 2.99. The third-order valence-electron chi connectivity index (χ3n) is 4.44. The molecule has 1 N–H and O–H groups in total. The predicted octanol–water partition coefficient (Wildman–Crippen LogP) is 3.98. The standard InChI is InChI=1S/C22H20N4O2/c1-28-18-9-5-8-17(14-18)19-11-12-21-23-20(15-26(21)25-19)24-22(27)13-10-16-6-3-2-4-7-16/h2-9,11-12,14-15H,10,13H2,1H3,(H,24,27). The van der Waals surface area contributed by atoms with Gasteiger partial charge in [0.05, 0.1) is 19.0 Å². The van der Waals surface area contributed by atoms with Crippen molar-refractivity contribution in [2.24, 2.45) is 0 Å². The molecule has 2 heterocycles. The van der Waals surface area contributed by atoms with Gasteiger partial charge < -0.3 is 10.1 Å². The molecule has 0 aliphatic rings. The summed E-state index contributed by atoms with van der Waals surface area (Å²) in [6, 6.07) is 21.4. The Morgan fingerprint density at radius 3 is 2.75 bits per heavy atom. The number of carbonyl (C=O) groups is 1. The number of amides is 1. The van der Waals surface area contributed by atoms with Gasteiger partial charge in [-0.25, -0.2) is 9.50 Å². The van der Waals surface area contributed by atoms with Crippen LogP contribution in [0.5, 0.6) is 5.75 Å². The maximum absolute atomic E-state index is 12.2. The maximum Gasteiger partial charge on any atom is 0.225 e. The van der Waals surface area contributed by atoms with E-state index < -0.39 is 0 Å². The van der Waals surface area contributed by atoms with Crippen LogP contribution in [0.2, 0.25) is 0 Å². The van der Waals surface area contributed by atoms with Crippen molar-refractivity contribution in [1.29, 1.82) is 0 Å². The van der Waals surface area contributed by atoms with E-state index >= 15 is 0 Å². The summed E-state index contributed by atoms with van der Waals surface area (Å²) in [5.41, 5.74) is 3.55. The third-order valence-corrected chi connectivity index (χ3v) is 4.44. The Hall–Kier alpha value is -3.67. The summed E-state index contributed by atoms with van der Waals surface area (Å²) < 4.78 is 6.94. The van der Waals surface area contributed by atoms with Crippen LogP contribution in [-0.4, -0.2) is 27.6 Å². The Balaban J connectivity index is 1.47. The largest absolute Gasteiger partial charge is 0.497 e. The highest BCUT2D eigenvalue weighted by molar-refractivity contribution is 5.90. The van der Waals surface area contributed by atoms with Crippen LogP contribution in [0, 0.1) is 0 Å². The lowest BCUT2D eigenvalue weighted by Gasteiger charge is -2.04. The molecule has 28 heavy (non-hydrogen) atoms. The fraction of sp³-hybridized carbons (Fsp3) is 0.136. The van der Waals surface area contributed by atoms with Crippen molar-refractivity contribution >= 4 is 17.4 Å². The Kier molecular flexibility index (Phi) is 5.01. The van der Waals surface area contributed by atoms with Crippen molar-refractivity contribution < 1.29 is 9.53 Å². The zero-order valence-electron chi connectivity index (χ0n) is 15.5. The molecule has 0 aliphatic carbocycles. The Morgan fingerprint density at radius 2 is 1.93 bits per heavy atom. The van der Waals surface area contributed by atoms with E-state index in [0.717, 1.165) is 22.6 Å². The minimum absolute atomic E-state index is 0.0692. The van der Waals surface area contributed by atoms with Crippen molar-refractivity contribution in [2.75, 3.05) is 12.4 Å². The highest BCUT2D eigenvalue weighted by Crippen LogP contribution is 2.22. The second-order valence-electron chi connectivity index (χ2n) is 6.41. The third kappa shape index (κ3) is 4.01. The van der Waals surface area contributed by atoms with Gasteiger partial charge in [-0.1, -0.05) is 42.5 Å². The number of nitrogens with one attached hydrogen (secondary N) is 1. The second kappa shape index (κ2) is 7.92. The number of anilines is 1. The van der Waals surface area contributed by atoms with Crippen molar-refractivity contribution in [1.82, 2.24) is 14.6 Å². The van der Waals surface area contributed by atoms with Gasteiger partial charge in [-0.2, -0.15) is 5.10 Å². The van der Waals surface area contributed by atoms with Crippen LogP contribution in [-0.2, 0) is 11.2 Å². The number of nitrogens with zero attached hydrogens (tertiary/aromatic N) is 3. The van der Waals surface area contributed by atoms with Gasteiger partial charge in [-0.3, -0.25) is 4.79 Å².